The minimum absolute atomic E-state index is 0.00296. The lowest BCUT2D eigenvalue weighted by atomic mass is 9.97. The number of nitrogens with one attached hydrogen (secondary N) is 1. The van der Waals surface area contributed by atoms with Crippen LogP contribution in [0.5, 0.6) is 0 Å². The number of hydrogen-bond acceptors (Lipinski definition) is 4. The van der Waals surface area contributed by atoms with Gasteiger partial charge in [-0.2, -0.15) is 5.10 Å². The molecule has 2 heterocycles. The fourth-order valence-electron chi connectivity index (χ4n) is 2.67. The summed E-state index contributed by atoms with van der Waals surface area (Å²) in [6.45, 7) is 6.06. The summed E-state index contributed by atoms with van der Waals surface area (Å²) in [5.41, 5.74) is 1.94. The van der Waals surface area contributed by atoms with Crippen molar-refractivity contribution in [1.29, 1.82) is 0 Å². The molecular formula is C14H24N4O3S. The maximum atomic E-state index is 12.2. The summed E-state index contributed by atoms with van der Waals surface area (Å²) in [5, 5.41) is 7.29. The summed E-state index contributed by atoms with van der Waals surface area (Å²) < 4.78 is 26.2. The second-order valence-corrected chi connectivity index (χ2v) is 7.73. The first-order valence-electron chi connectivity index (χ1n) is 7.57. The highest BCUT2D eigenvalue weighted by Crippen LogP contribution is 2.19. The largest absolute Gasteiger partial charge is 0.352 e. The monoisotopic (exact) mass is 328 g/mol. The predicted octanol–water partition coefficient (Wildman–Crippen LogP) is 0.499. The van der Waals surface area contributed by atoms with E-state index in [0.717, 1.165) is 17.8 Å². The van der Waals surface area contributed by atoms with Crippen LogP contribution < -0.4 is 5.32 Å². The minimum Gasteiger partial charge on any atom is -0.352 e. The van der Waals surface area contributed by atoms with Crippen LogP contribution in [-0.2, 0) is 27.9 Å². The molecule has 1 aromatic rings. The second-order valence-electron chi connectivity index (χ2n) is 5.75. The van der Waals surface area contributed by atoms with Gasteiger partial charge in [0.1, 0.15) is 0 Å². The molecule has 0 unspecified atom stereocenters. The number of piperidine rings is 1. The molecule has 22 heavy (non-hydrogen) atoms. The van der Waals surface area contributed by atoms with E-state index < -0.39 is 10.0 Å². The van der Waals surface area contributed by atoms with Gasteiger partial charge in [-0.1, -0.05) is 0 Å². The minimum atomic E-state index is -3.15. The van der Waals surface area contributed by atoms with Gasteiger partial charge in [-0.15, -0.1) is 0 Å². The van der Waals surface area contributed by atoms with Gasteiger partial charge >= 0.3 is 0 Å². The molecule has 1 aliphatic rings. The molecule has 1 N–H and O–H groups in total. The number of hydrogen-bond donors (Lipinski definition) is 1. The fourth-order valence-corrected chi connectivity index (χ4v) is 3.55. The summed E-state index contributed by atoms with van der Waals surface area (Å²) in [6.07, 6.45) is 4.31. The van der Waals surface area contributed by atoms with Crippen molar-refractivity contribution >= 4 is 15.9 Å². The lowest BCUT2D eigenvalue weighted by Gasteiger charge is -2.29. The summed E-state index contributed by atoms with van der Waals surface area (Å²) in [4.78, 5) is 12.2. The van der Waals surface area contributed by atoms with E-state index in [1.54, 1.807) is 0 Å². The zero-order valence-electron chi connectivity index (χ0n) is 13.4. The number of nitrogens with zero attached hydrogens (tertiary/aromatic N) is 3. The van der Waals surface area contributed by atoms with Gasteiger partial charge in [-0.25, -0.2) is 12.7 Å². The maximum Gasteiger partial charge on any atom is 0.223 e. The van der Waals surface area contributed by atoms with Crippen molar-refractivity contribution in [3.63, 3.8) is 0 Å². The van der Waals surface area contributed by atoms with E-state index in [1.807, 2.05) is 24.7 Å². The average molecular weight is 328 g/mol. The topological polar surface area (TPSA) is 84.3 Å². The van der Waals surface area contributed by atoms with Crippen LogP contribution in [0.4, 0.5) is 0 Å². The van der Waals surface area contributed by atoms with E-state index >= 15 is 0 Å². The number of aryl methyl sites for hydroxylation is 2. The van der Waals surface area contributed by atoms with Gasteiger partial charge in [0.15, 0.2) is 0 Å². The lowest BCUT2D eigenvalue weighted by Crippen LogP contribution is -2.42. The molecule has 1 fully saturated rings. The van der Waals surface area contributed by atoms with Crippen molar-refractivity contribution < 1.29 is 13.2 Å². The molecule has 7 nitrogen and oxygen atoms in total. The highest BCUT2D eigenvalue weighted by Gasteiger charge is 2.28. The third-order valence-corrected chi connectivity index (χ3v) is 5.42. The van der Waals surface area contributed by atoms with E-state index in [2.05, 4.69) is 10.4 Å². The standard InChI is InChI=1S/C14H24N4O3S/c1-4-17-10-13(11(2)16-17)9-15-14(19)12-5-7-18(8-6-12)22(3,20)21/h10,12H,4-9H2,1-3H3,(H,15,19). The van der Waals surface area contributed by atoms with Gasteiger partial charge in [0.2, 0.25) is 15.9 Å². The summed E-state index contributed by atoms with van der Waals surface area (Å²) in [6, 6.07) is 0. The van der Waals surface area contributed by atoms with Crippen LogP contribution in [0.25, 0.3) is 0 Å². The second kappa shape index (κ2) is 6.78. The van der Waals surface area contributed by atoms with Crippen LogP contribution in [0.3, 0.4) is 0 Å². The Bertz CT molecular complexity index is 631. The van der Waals surface area contributed by atoms with Crippen molar-refractivity contribution in [2.75, 3.05) is 19.3 Å². The smallest absolute Gasteiger partial charge is 0.223 e. The quantitative estimate of drug-likeness (QED) is 0.853. The Morgan fingerprint density at radius 2 is 2.05 bits per heavy atom. The molecule has 0 aromatic carbocycles. The Morgan fingerprint density at radius 3 is 2.55 bits per heavy atom. The molecule has 0 radical (unpaired) electrons. The Hall–Kier alpha value is -1.41. The van der Waals surface area contributed by atoms with Crippen molar-refractivity contribution in [2.24, 2.45) is 5.92 Å². The molecule has 1 amide bonds. The average Bonchev–Trinajstić information content (AvgIpc) is 2.84. The van der Waals surface area contributed by atoms with E-state index in [1.165, 1.54) is 10.6 Å². The zero-order valence-corrected chi connectivity index (χ0v) is 14.2. The van der Waals surface area contributed by atoms with E-state index in [-0.39, 0.29) is 11.8 Å². The van der Waals surface area contributed by atoms with Gasteiger partial charge < -0.3 is 5.32 Å². The van der Waals surface area contributed by atoms with Crippen LogP contribution in [0.1, 0.15) is 31.0 Å². The summed E-state index contributed by atoms with van der Waals surface area (Å²) in [7, 11) is -3.15. The van der Waals surface area contributed by atoms with Crippen LogP contribution in [-0.4, -0.2) is 47.8 Å². The van der Waals surface area contributed by atoms with Gasteiger partial charge in [-0.3, -0.25) is 9.48 Å². The first-order valence-corrected chi connectivity index (χ1v) is 9.42. The van der Waals surface area contributed by atoms with Gasteiger partial charge in [0.25, 0.3) is 0 Å². The normalized spacial score (nSPS) is 17.6. The highest BCUT2D eigenvalue weighted by molar-refractivity contribution is 7.88. The molecule has 1 aromatic heterocycles. The first-order chi connectivity index (χ1) is 10.3. The van der Waals surface area contributed by atoms with Crippen molar-refractivity contribution in [3.05, 3.63) is 17.5 Å². The number of amides is 1. The van der Waals surface area contributed by atoms with Gasteiger partial charge in [0, 0.05) is 43.9 Å². The molecule has 0 bridgehead atoms. The van der Waals surface area contributed by atoms with Gasteiger partial charge in [0.05, 0.1) is 11.9 Å². The molecule has 0 aliphatic carbocycles. The Morgan fingerprint density at radius 1 is 1.41 bits per heavy atom. The number of carbonyl (C=O) groups excluding carboxylic acids is 1. The summed E-state index contributed by atoms with van der Waals surface area (Å²) in [5.74, 6) is -0.115. The SMILES string of the molecule is CCn1cc(CNC(=O)C2CCN(S(C)(=O)=O)CC2)c(C)n1. The zero-order chi connectivity index (χ0) is 16.3. The lowest BCUT2D eigenvalue weighted by molar-refractivity contribution is -0.126. The third kappa shape index (κ3) is 4.07. The van der Waals surface area contributed by atoms with Crippen molar-refractivity contribution in [3.8, 4) is 0 Å². The van der Waals surface area contributed by atoms with Crippen molar-refractivity contribution in [2.45, 2.75) is 39.8 Å². The fraction of sp³-hybridized carbons (Fsp3) is 0.714. The molecular weight excluding hydrogens is 304 g/mol. The van der Waals surface area contributed by atoms with Crippen LogP contribution in [0.15, 0.2) is 6.20 Å². The Balaban J connectivity index is 1.85. The van der Waals surface area contributed by atoms with E-state index in [4.69, 9.17) is 0 Å². The predicted molar refractivity (Wildman–Crippen MR) is 83.6 cm³/mol. The van der Waals surface area contributed by atoms with E-state index in [9.17, 15) is 13.2 Å². The van der Waals surface area contributed by atoms with Crippen LogP contribution in [0, 0.1) is 12.8 Å². The number of aromatic nitrogens is 2. The molecule has 2 rings (SSSR count). The number of carbonyl (C=O) groups is 1. The van der Waals surface area contributed by atoms with E-state index in [0.29, 0.717) is 32.5 Å². The maximum absolute atomic E-state index is 12.2. The highest BCUT2D eigenvalue weighted by atomic mass is 32.2. The van der Waals surface area contributed by atoms with Crippen LogP contribution >= 0.6 is 0 Å². The van der Waals surface area contributed by atoms with Crippen molar-refractivity contribution in [1.82, 2.24) is 19.4 Å². The van der Waals surface area contributed by atoms with Crippen LogP contribution in [0.2, 0.25) is 0 Å². The molecule has 0 saturated carbocycles. The Kier molecular flexibility index (Phi) is 5.23. The summed E-state index contributed by atoms with van der Waals surface area (Å²) >= 11 is 0. The molecule has 1 aliphatic heterocycles. The first kappa shape index (κ1) is 17.0. The molecule has 8 heteroatoms. The molecule has 1 saturated heterocycles. The third-order valence-electron chi connectivity index (χ3n) is 4.12. The number of sulfonamides is 1. The van der Waals surface area contributed by atoms with Gasteiger partial charge in [-0.05, 0) is 26.7 Å². The molecule has 124 valence electrons. The molecule has 0 atom stereocenters. The molecule has 0 spiro atoms. The number of rotatable bonds is 5. The Labute approximate surface area is 131 Å².